The van der Waals surface area contributed by atoms with E-state index in [9.17, 15) is 13.2 Å². The molecule has 0 atom stereocenters. The van der Waals surface area contributed by atoms with E-state index in [4.69, 9.17) is 27.9 Å². The number of sulfonamides is 1. The van der Waals surface area contributed by atoms with Crippen LogP contribution in [0.1, 0.15) is 17.5 Å². The Kier molecular flexibility index (Phi) is 10.0. The molecule has 0 saturated heterocycles. The third-order valence-electron chi connectivity index (χ3n) is 6.47. The van der Waals surface area contributed by atoms with Gasteiger partial charge in [0.05, 0.1) is 11.6 Å². The number of rotatable bonds is 13. The van der Waals surface area contributed by atoms with Crippen molar-refractivity contribution in [3.8, 4) is 0 Å². The van der Waals surface area contributed by atoms with Crippen LogP contribution < -0.4 is 0 Å². The zero-order valence-electron chi connectivity index (χ0n) is 21.6. The molecular formula is C29H31Cl2N3O4S. The van der Waals surface area contributed by atoms with Gasteiger partial charge in [0, 0.05) is 55.5 Å². The number of carbonyl (C=O) groups excluding carboxylic acids is 1. The van der Waals surface area contributed by atoms with Gasteiger partial charge in [-0.25, -0.2) is 8.42 Å². The fraction of sp³-hybridized carbons (Fsp3) is 0.276. The zero-order valence-corrected chi connectivity index (χ0v) is 24.0. The van der Waals surface area contributed by atoms with Gasteiger partial charge in [0.15, 0.2) is 0 Å². The average Bonchev–Trinajstić information content (AvgIpc) is 3.35. The number of aromatic nitrogens is 1. The Bertz CT molecular complexity index is 1510. The monoisotopic (exact) mass is 587 g/mol. The third kappa shape index (κ3) is 7.41. The molecule has 0 bridgehead atoms. The van der Waals surface area contributed by atoms with Gasteiger partial charge in [-0.1, -0.05) is 71.7 Å². The number of amides is 1. The molecule has 0 fully saturated rings. The maximum Gasteiger partial charge on any atom is 0.245 e. The first kappa shape index (κ1) is 29.1. The molecule has 4 rings (SSSR count). The molecule has 1 aromatic heterocycles. The summed E-state index contributed by atoms with van der Waals surface area (Å²) >= 11 is 12.4. The van der Waals surface area contributed by atoms with E-state index in [1.165, 1.54) is 18.2 Å². The molecule has 1 N–H and O–H groups in total. The Morgan fingerprint density at radius 1 is 0.974 bits per heavy atom. The molecule has 39 heavy (non-hydrogen) atoms. The van der Waals surface area contributed by atoms with Crippen molar-refractivity contribution in [1.29, 1.82) is 0 Å². The minimum atomic E-state index is -4.11. The fourth-order valence-electron chi connectivity index (χ4n) is 4.42. The zero-order chi connectivity index (χ0) is 27.8. The summed E-state index contributed by atoms with van der Waals surface area (Å²) in [4.78, 5) is 18.6. The highest BCUT2D eigenvalue weighted by atomic mass is 35.5. The lowest BCUT2D eigenvalue weighted by Crippen LogP contribution is -2.44. The molecule has 3 aromatic carbocycles. The van der Waals surface area contributed by atoms with Crippen molar-refractivity contribution in [3.63, 3.8) is 0 Å². The van der Waals surface area contributed by atoms with Crippen molar-refractivity contribution in [3.05, 3.63) is 100 Å². The van der Waals surface area contributed by atoms with Gasteiger partial charge >= 0.3 is 0 Å². The van der Waals surface area contributed by atoms with Crippen molar-refractivity contribution in [2.24, 2.45) is 0 Å². The molecule has 0 radical (unpaired) electrons. The van der Waals surface area contributed by atoms with Crippen LogP contribution in [-0.4, -0.2) is 61.9 Å². The summed E-state index contributed by atoms with van der Waals surface area (Å²) in [5.41, 5.74) is 3.07. The third-order valence-corrected chi connectivity index (χ3v) is 9.04. The number of para-hydroxylation sites is 1. The lowest BCUT2D eigenvalue weighted by molar-refractivity contribution is -0.132. The standard InChI is InChI=1S/C29H31Cl2N3O4S/c1-38-17-7-15-34(39(36,37)28-18-24(30)12-13-26(28)31)21-29(35)33(20-22-8-3-2-4-9-22)16-14-23-19-32-27-11-6-5-10-25(23)27/h2-6,8-13,18-19,32H,7,14-17,20-21H2,1H3. The molecule has 0 aliphatic rings. The number of halogens is 2. The predicted octanol–water partition coefficient (Wildman–Crippen LogP) is 5.77. The highest BCUT2D eigenvalue weighted by molar-refractivity contribution is 7.89. The lowest BCUT2D eigenvalue weighted by Gasteiger charge is -2.28. The molecule has 0 unspecified atom stereocenters. The van der Waals surface area contributed by atoms with E-state index in [0.29, 0.717) is 32.5 Å². The van der Waals surface area contributed by atoms with E-state index in [2.05, 4.69) is 4.98 Å². The molecule has 0 aliphatic carbocycles. The van der Waals surface area contributed by atoms with Gasteiger partial charge < -0.3 is 14.6 Å². The van der Waals surface area contributed by atoms with Crippen LogP contribution in [0.4, 0.5) is 0 Å². The smallest absolute Gasteiger partial charge is 0.245 e. The summed E-state index contributed by atoms with van der Waals surface area (Å²) < 4.78 is 33.6. The Balaban J connectivity index is 1.59. The Morgan fingerprint density at radius 2 is 1.72 bits per heavy atom. The van der Waals surface area contributed by atoms with Gasteiger partial charge in [0.2, 0.25) is 15.9 Å². The van der Waals surface area contributed by atoms with Gasteiger partial charge in [0.1, 0.15) is 4.90 Å². The maximum absolute atomic E-state index is 13.8. The Hall–Kier alpha value is -2.88. The van der Waals surface area contributed by atoms with Gasteiger partial charge in [0.25, 0.3) is 0 Å². The first-order valence-corrected chi connectivity index (χ1v) is 14.8. The van der Waals surface area contributed by atoms with Crippen LogP contribution in [0.2, 0.25) is 10.0 Å². The van der Waals surface area contributed by atoms with Crippen LogP contribution in [-0.2, 0) is 32.5 Å². The number of fused-ring (bicyclic) bond motifs is 1. The van der Waals surface area contributed by atoms with Crippen LogP contribution in [0.3, 0.4) is 0 Å². The van der Waals surface area contributed by atoms with E-state index >= 15 is 0 Å². The van der Waals surface area contributed by atoms with Gasteiger partial charge in [-0.15, -0.1) is 0 Å². The summed E-state index contributed by atoms with van der Waals surface area (Å²) in [5, 5.41) is 1.39. The van der Waals surface area contributed by atoms with Crippen molar-refractivity contribution in [2.75, 3.05) is 33.4 Å². The molecule has 0 saturated carbocycles. The van der Waals surface area contributed by atoms with E-state index in [1.807, 2.05) is 60.8 Å². The molecule has 0 spiro atoms. The number of carbonyl (C=O) groups is 1. The molecule has 7 nitrogen and oxygen atoms in total. The van der Waals surface area contributed by atoms with Crippen molar-refractivity contribution < 1.29 is 17.9 Å². The molecule has 1 heterocycles. The molecule has 4 aromatic rings. The minimum absolute atomic E-state index is 0.0454. The number of ether oxygens (including phenoxy) is 1. The van der Waals surface area contributed by atoms with Crippen LogP contribution in [0.5, 0.6) is 0 Å². The van der Waals surface area contributed by atoms with Crippen LogP contribution in [0, 0.1) is 0 Å². The second-order valence-corrected chi connectivity index (χ2v) is 11.9. The number of nitrogens with zero attached hydrogens (tertiary/aromatic N) is 2. The van der Waals surface area contributed by atoms with Crippen molar-refractivity contribution in [2.45, 2.75) is 24.3 Å². The number of benzene rings is 3. The summed E-state index contributed by atoms with van der Waals surface area (Å²) in [6.07, 6.45) is 2.98. The second-order valence-electron chi connectivity index (χ2n) is 9.17. The largest absolute Gasteiger partial charge is 0.385 e. The quantitative estimate of drug-likeness (QED) is 0.201. The SMILES string of the molecule is COCCCN(CC(=O)N(CCc1c[nH]c2ccccc12)Cc1ccccc1)S(=O)(=O)c1cc(Cl)ccc1Cl. The number of H-pyrrole nitrogens is 1. The van der Waals surface area contributed by atoms with E-state index in [1.54, 1.807) is 12.0 Å². The van der Waals surface area contributed by atoms with Crippen molar-refractivity contribution >= 4 is 50.0 Å². The number of hydrogen-bond donors (Lipinski definition) is 1. The second kappa shape index (κ2) is 13.5. The number of hydrogen-bond acceptors (Lipinski definition) is 4. The topological polar surface area (TPSA) is 82.7 Å². The van der Waals surface area contributed by atoms with Crippen molar-refractivity contribution in [1.82, 2.24) is 14.2 Å². The highest BCUT2D eigenvalue weighted by Gasteiger charge is 2.30. The average molecular weight is 589 g/mol. The predicted molar refractivity (Wildman–Crippen MR) is 156 cm³/mol. The molecule has 1 amide bonds. The summed E-state index contributed by atoms with van der Waals surface area (Å²) in [7, 11) is -2.57. The Labute approximate surface area is 239 Å². The van der Waals surface area contributed by atoms with E-state index in [0.717, 1.165) is 26.3 Å². The Morgan fingerprint density at radius 3 is 2.49 bits per heavy atom. The van der Waals surface area contributed by atoms with Gasteiger partial charge in [-0.05, 0) is 48.2 Å². The first-order valence-electron chi connectivity index (χ1n) is 12.6. The van der Waals surface area contributed by atoms with E-state index < -0.39 is 10.0 Å². The summed E-state index contributed by atoms with van der Waals surface area (Å²) in [5.74, 6) is -0.308. The fourth-order valence-corrected chi connectivity index (χ4v) is 6.59. The number of nitrogens with one attached hydrogen (secondary N) is 1. The minimum Gasteiger partial charge on any atom is -0.385 e. The number of methoxy groups -OCH3 is 1. The normalized spacial score (nSPS) is 11.8. The van der Waals surface area contributed by atoms with Crippen LogP contribution in [0.25, 0.3) is 10.9 Å². The number of aromatic amines is 1. The van der Waals surface area contributed by atoms with Crippen LogP contribution in [0.15, 0.2) is 83.9 Å². The van der Waals surface area contributed by atoms with Gasteiger partial charge in [-0.2, -0.15) is 4.31 Å². The van der Waals surface area contributed by atoms with E-state index in [-0.39, 0.29) is 33.9 Å². The molecular weight excluding hydrogens is 557 g/mol. The lowest BCUT2D eigenvalue weighted by atomic mass is 10.1. The highest BCUT2D eigenvalue weighted by Crippen LogP contribution is 2.28. The summed E-state index contributed by atoms with van der Waals surface area (Å²) in [6.45, 7) is 0.866. The maximum atomic E-state index is 13.8. The van der Waals surface area contributed by atoms with Crippen LogP contribution >= 0.6 is 23.2 Å². The molecule has 206 valence electrons. The molecule has 10 heteroatoms. The first-order chi connectivity index (χ1) is 18.8. The van der Waals surface area contributed by atoms with Gasteiger partial charge in [-0.3, -0.25) is 4.79 Å². The molecule has 0 aliphatic heterocycles. The summed E-state index contributed by atoms with van der Waals surface area (Å²) in [6, 6.07) is 21.9.